The summed E-state index contributed by atoms with van der Waals surface area (Å²) in [5.74, 6) is 0.328. The first-order chi connectivity index (χ1) is 14.3. The molecule has 3 rings (SSSR count). The van der Waals surface area contributed by atoms with Gasteiger partial charge in [-0.15, -0.1) is 0 Å². The highest BCUT2D eigenvalue weighted by Gasteiger charge is 2.31. The molecule has 0 spiro atoms. The number of ether oxygens (including phenoxy) is 1. The van der Waals surface area contributed by atoms with Crippen molar-refractivity contribution in [3.05, 3.63) is 64.7 Å². The molecule has 1 amide bonds. The SMILES string of the molecule is Cc1ccc(CS(=O)(=O)N2CCC(C(=O)NCCOc3ccccc3Cl)CC2)cc1. The number of nitrogens with zero attached hydrogens (tertiary/aromatic N) is 1. The normalized spacial score (nSPS) is 15.7. The predicted molar refractivity (Wildman–Crippen MR) is 118 cm³/mol. The Bertz CT molecular complexity index is 955. The molecule has 1 N–H and O–H groups in total. The third-order valence-corrected chi connectivity index (χ3v) is 7.35. The van der Waals surface area contributed by atoms with E-state index in [0.29, 0.717) is 49.9 Å². The second-order valence-corrected chi connectivity index (χ2v) is 9.86. The first-order valence-electron chi connectivity index (χ1n) is 10.0. The van der Waals surface area contributed by atoms with Gasteiger partial charge in [-0.25, -0.2) is 12.7 Å². The van der Waals surface area contributed by atoms with Crippen molar-refractivity contribution in [2.75, 3.05) is 26.2 Å². The van der Waals surface area contributed by atoms with Crippen LogP contribution in [0, 0.1) is 12.8 Å². The van der Waals surface area contributed by atoms with Gasteiger partial charge in [0.1, 0.15) is 12.4 Å². The zero-order valence-electron chi connectivity index (χ0n) is 17.0. The third-order valence-electron chi connectivity index (χ3n) is 5.18. The molecule has 1 aliphatic rings. The first kappa shape index (κ1) is 22.6. The van der Waals surface area contributed by atoms with Crippen molar-refractivity contribution in [1.29, 1.82) is 0 Å². The fraction of sp³-hybridized carbons (Fsp3) is 0.409. The lowest BCUT2D eigenvalue weighted by atomic mass is 9.97. The van der Waals surface area contributed by atoms with Gasteiger partial charge in [0.25, 0.3) is 0 Å². The summed E-state index contributed by atoms with van der Waals surface area (Å²) in [6.45, 7) is 3.39. The van der Waals surface area contributed by atoms with Crippen LogP contribution in [0.3, 0.4) is 0 Å². The van der Waals surface area contributed by atoms with Crippen molar-refractivity contribution in [3.63, 3.8) is 0 Å². The molecular formula is C22H27ClN2O4S. The van der Waals surface area contributed by atoms with Crippen molar-refractivity contribution < 1.29 is 17.9 Å². The Morgan fingerprint density at radius 1 is 1.13 bits per heavy atom. The van der Waals surface area contributed by atoms with Crippen molar-refractivity contribution >= 4 is 27.5 Å². The summed E-state index contributed by atoms with van der Waals surface area (Å²) in [5.41, 5.74) is 1.87. The fourth-order valence-electron chi connectivity index (χ4n) is 3.42. The topological polar surface area (TPSA) is 75.7 Å². The zero-order valence-corrected chi connectivity index (χ0v) is 18.6. The summed E-state index contributed by atoms with van der Waals surface area (Å²) < 4.78 is 32.4. The van der Waals surface area contributed by atoms with Gasteiger partial charge in [0, 0.05) is 19.0 Å². The Balaban J connectivity index is 1.41. The lowest BCUT2D eigenvalue weighted by Crippen LogP contribution is -2.43. The molecule has 0 saturated carbocycles. The van der Waals surface area contributed by atoms with Crippen LogP contribution in [0.5, 0.6) is 5.75 Å². The summed E-state index contributed by atoms with van der Waals surface area (Å²) in [5, 5.41) is 3.40. The summed E-state index contributed by atoms with van der Waals surface area (Å²) in [6, 6.07) is 14.7. The fourth-order valence-corrected chi connectivity index (χ4v) is 5.18. The lowest BCUT2D eigenvalue weighted by molar-refractivity contribution is -0.126. The predicted octanol–water partition coefficient (Wildman–Crippen LogP) is 3.39. The monoisotopic (exact) mass is 450 g/mol. The molecule has 1 saturated heterocycles. The molecule has 1 heterocycles. The standard InChI is InChI=1S/C22H27ClN2O4S/c1-17-6-8-18(9-7-17)16-30(27,28)25-13-10-19(11-14-25)22(26)24-12-15-29-21-5-3-2-4-20(21)23/h2-9,19H,10-16H2,1H3,(H,24,26). The Hall–Kier alpha value is -2.09. The van der Waals surface area contributed by atoms with Gasteiger partial charge in [-0.2, -0.15) is 0 Å². The molecular weight excluding hydrogens is 424 g/mol. The van der Waals surface area contributed by atoms with Gasteiger partial charge in [0.15, 0.2) is 0 Å². The van der Waals surface area contributed by atoms with E-state index in [0.717, 1.165) is 11.1 Å². The number of hydrogen-bond donors (Lipinski definition) is 1. The molecule has 0 radical (unpaired) electrons. The average Bonchev–Trinajstić information content (AvgIpc) is 2.74. The number of carbonyl (C=O) groups is 1. The zero-order chi connectivity index (χ0) is 21.6. The molecule has 1 aliphatic heterocycles. The number of para-hydroxylation sites is 1. The summed E-state index contributed by atoms with van der Waals surface area (Å²) >= 11 is 6.03. The van der Waals surface area contributed by atoms with E-state index in [1.807, 2.05) is 43.3 Å². The van der Waals surface area contributed by atoms with Gasteiger partial charge in [-0.3, -0.25) is 4.79 Å². The van der Waals surface area contributed by atoms with Crippen LogP contribution in [-0.4, -0.2) is 44.9 Å². The largest absolute Gasteiger partial charge is 0.490 e. The van der Waals surface area contributed by atoms with Crippen LogP contribution in [0.25, 0.3) is 0 Å². The number of aryl methyl sites for hydroxylation is 1. The van der Waals surface area contributed by atoms with E-state index in [9.17, 15) is 13.2 Å². The molecule has 0 atom stereocenters. The smallest absolute Gasteiger partial charge is 0.223 e. The number of piperidine rings is 1. The van der Waals surface area contributed by atoms with Gasteiger partial charge in [0.05, 0.1) is 17.3 Å². The molecule has 2 aromatic rings. The van der Waals surface area contributed by atoms with Crippen molar-refractivity contribution in [2.45, 2.75) is 25.5 Å². The minimum atomic E-state index is -3.38. The number of hydrogen-bond acceptors (Lipinski definition) is 4. The second kappa shape index (κ2) is 10.3. The Morgan fingerprint density at radius 3 is 2.47 bits per heavy atom. The molecule has 1 fully saturated rings. The number of carbonyl (C=O) groups excluding carboxylic acids is 1. The van der Waals surface area contributed by atoms with Crippen LogP contribution in [0.1, 0.15) is 24.0 Å². The van der Waals surface area contributed by atoms with E-state index < -0.39 is 10.0 Å². The number of amides is 1. The Morgan fingerprint density at radius 2 is 1.80 bits per heavy atom. The first-order valence-corrected chi connectivity index (χ1v) is 12.0. The van der Waals surface area contributed by atoms with Crippen LogP contribution in [0.15, 0.2) is 48.5 Å². The maximum Gasteiger partial charge on any atom is 0.223 e. The molecule has 0 bridgehead atoms. The molecule has 8 heteroatoms. The quantitative estimate of drug-likeness (QED) is 0.625. The van der Waals surface area contributed by atoms with E-state index in [-0.39, 0.29) is 17.6 Å². The highest BCUT2D eigenvalue weighted by molar-refractivity contribution is 7.88. The minimum absolute atomic E-state index is 0.0104. The van der Waals surface area contributed by atoms with Gasteiger partial charge in [-0.1, -0.05) is 53.6 Å². The van der Waals surface area contributed by atoms with Gasteiger partial charge < -0.3 is 10.1 Å². The number of sulfonamides is 1. The van der Waals surface area contributed by atoms with Gasteiger partial charge >= 0.3 is 0 Å². The van der Waals surface area contributed by atoms with Crippen LogP contribution >= 0.6 is 11.6 Å². The molecule has 6 nitrogen and oxygen atoms in total. The molecule has 162 valence electrons. The summed E-state index contributed by atoms with van der Waals surface area (Å²) in [7, 11) is -3.38. The Kier molecular flexibility index (Phi) is 7.75. The average molecular weight is 451 g/mol. The maximum absolute atomic E-state index is 12.7. The van der Waals surface area contributed by atoms with E-state index >= 15 is 0 Å². The third kappa shape index (κ3) is 6.20. The molecule has 0 aromatic heterocycles. The molecule has 0 aliphatic carbocycles. The van der Waals surface area contributed by atoms with E-state index in [1.165, 1.54) is 4.31 Å². The van der Waals surface area contributed by atoms with Gasteiger partial charge in [-0.05, 0) is 37.5 Å². The van der Waals surface area contributed by atoms with Crippen molar-refractivity contribution in [3.8, 4) is 5.75 Å². The maximum atomic E-state index is 12.7. The van der Waals surface area contributed by atoms with Crippen LogP contribution in [0.2, 0.25) is 5.02 Å². The van der Waals surface area contributed by atoms with Crippen LogP contribution in [0.4, 0.5) is 0 Å². The molecule has 2 aromatic carbocycles. The Labute approximate surface area is 183 Å². The number of nitrogens with one attached hydrogen (secondary N) is 1. The number of benzene rings is 2. The van der Waals surface area contributed by atoms with Crippen molar-refractivity contribution in [2.24, 2.45) is 5.92 Å². The minimum Gasteiger partial charge on any atom is -0.490 e. The van der Waals surface area contributed by atoms with E-state index in [2.05, 4.69) is 5.32 Å². The second-order valence-electron chi connectivity index (χ2n) is 7.49. The highest BCUT2D eigenvalue weighted by Crippen LogP contribution is 2.23. The highest BCUT2D eigenvalue weighted by atomic mass is 35.5. The van der Waals surface area contributed by atoms with E-state index in [4.69, 9.17) is 16.3 Å². The van der Waals surface area contributed by atoms with E-state index in [1.54, 1.807) is 12.1 Å². The number of halogens is 1. The van der Waals surface area contributed by atoms with Crippen molar-refractivity contribution in [1.82, 2.24) is 9.62 Å². The molecule has 0 unspecified atom stereocenters. The molecule has 30 heavy (non-hydrogen) atoms. The van der Waals surface area contributed by atoms with Crippen LogP contribution < -0.4 is 10.1 Å². The summed E-state index contributed by atoms with van der Waals surface area (Å²) in [6.07, 6.45) is 1.04. The lowest BCUT2D eigenvalue weighted by Gasteiger charge is -2.30. The number of rotatable bonds is 8. The van der Waals surface area contributed by atoms with Gasteiger partial charge in [0.2, 0.25) is 15.9 Å². The summed E-state index contributed by atoms with van der Waals surface area (Å²) in [4.78, 5) is 12.4. The van der Waals surface area contributed by atoms with Crippen LogP contribution in [-0.2, 0) is 20.6 Å².